The summed E-state index contributed by atoms with van der Waals surface area (Å²) in [7, 11) is 0. The van der Waals surface area contributed by atoms with Gasteiger partial charge in [0, 0.05) is 11.3 Å². The molecule has 0 spiro atoms. The number of nitrogens with zero attached hydrogens (tertiary/aromatic N) is 1. The van der Waals surface area contributed by atoms with Gasteiger partial charge in [-0.1, -0.05) is 37.3 Å². The fraction of sp³-hybridized carbons (Fsp3) is 0.357. The van der Waals surface area contributed by atoms with Gasteiger partial charge in [-0.2, -0.15) is 0 Å². The number of H-pyrrole nitrogens is 1. The normalized spacial score (nSPS) is 17.1. The lowest BCUT2D eigenvalue weighted by atomic mass is 10.1. The van der Waals surface area contributed by atoms with Gasteiger partial charge in [0.05, 0.1) is 11.2 Å². The molecule has 1 heterocycles. The molecule has 3 N–H and O–H groups in total. The molecular formula is C14H17N3. The second-order valence-electron chi connectivity index (χ2n) is 4.79. The van der Waals surface area contributed by atoms with E-state index >= 15 is 0 Å². The maximum atomic E-state index is 6.19. The number of aromatic nitrogens is 2. The summed E-state index contributed by atoms with van der Waals surface area (Å²) in [5.74, 6) is 0.952. The lowest BCUT2D eigenvalue weighted by Crippen LogP contribution is -2.20. The van der Waals surface area contributed by atoms with Gasteiger partial charge < -0.3 is 10.7 Å². The van der Waals surface area contributed by atoms with E-state index in [1.807, 2.05) is 18.2 Å². The third kappa shape index (κ3) is 1.76. The van der Waals surface area contributed by atoms with Crippen LogP contribution in [0.1, 0.15) is 31.3 Å². The number of hydrogen-bond acceptors (Lipinski definition) is 2. The summed E-state index contributed by atoms with van der Waals surface area (Å²) in [5, 5.41) is 0. The zero-order valence-electron chi connectivity index (χ0n) is 10.0. The van der Waals surface area contributed by atoms with E-state index in [0.29, 0.717) is 0 Å². The number of rotatable bonds is 3. The van der Waals surface area contributed by atoms with E-state index in [4.69, 9.17) is 10.7 Å². The molecule has 0 saturated heterocycles. The Bertz CT molecular complexity index is 524. The fourth-order valence-corrected chi connectivity index (χ4v) is 2.11. The van der Waals surface area contributed by atoms with Crippen molar-refractivity contribution in [2.75, 3.05) is 0 Å². The summed E-state index contributed by atoms with van der Waals surface area (Å²) in [6.45, 7) is 2.14. The zero-order chi connectivity index (χ0) is 11.9. The highest BCUT2D eigenvalue weighted by molar-refractivity contribution is 5.62. The van der Waals surface area contributed by atoms with Crippen molar-refractivity contribution >= 4 is 0 Å². The quantitative estimate of drug-likeness (QED) is 0.846. The van der Waals surface area contributed by atoms with Crippen LogP contribution in [0.5, 0.6) is 0 Å². The van der Waals surface area contributed by atoms with Crippen LogP contribution < -0.4 is 5.73 Å². The molecule has 0 bridgehead atoms. The van der Waals surface area contributed by atoms with E-state index in [1.54, 1.807) is 0 Å². The Hall–Kier alpha value is -1.61. The first-order valence-electron chi connectivity index (χ1n) is 6.16. The van der Waals surface area contributed by atoms with Crippen LogP contribution in [0, 0.1) is 0 Å². The standard InChI is InChI=1S/C14H17N3/c1-2-11-12(10-6-4-3-5-7-10)17-13(16-11)14(15)8-9-14/h3-7H,2,8-9,15H2,1H3,(H,16,17). The molecule has 1 aliphatic carbocycles. The molecule has 1 fully saturated rings. The van der Waals surface area contributed by atoms with Gasteiger partial charge in [-0.15, -0.1) is 0 Å². The van der Waals surface area contributed by atoms with Gasteiger partial charge in [-0.25, -0.2) is 4.98 Å². The van der Waals surface area contributed by atoms with Crippen LogP contribution in [0.2, 0.25) is 0 Å². The number of imidazole rings is 1. The number of aryl methyl sites for hydroxylation is 1. The topological polar surface area (TPSA) is 54.7 Å². The molecule has 1 aromatic heterocycles. The first kappa shape index (κ1) is 10.5. The van der Waals surface area contributed by atoms with Crippen molar-refractivity contribution in [3.8, 4) is 11.3 Å². The van der Waals surface area contributed by atoms with Crippen molar-refractivity contribution in [3.05, 3.63) is 41.9 Å². The van der Waals surface area contributed by atoms with E-state index in [1.165, 1.54) is 5.69 Å². The largest absolute Gasteiger partial charge is 0.344 e. The Morgan fingerprint density at radius 2 is 2.00 bits per heavy atom. The molecule has 1 aromatic carbocycles. The van der Waals surface area contributed by atoms with Crippen LogP contribution in [0.4, 0.5) is 0 Å². The Morgan fingerprint density at radius 1 is 1.29 bits per heavy atom. The minimum atomic E-state index is -0.184. The summed E-state index contributed by atoms with van der Waals surface area (Å²) in [6, 6.07) is 10.3. The van der Waals surface area contributed by atoms with Crippen LogP contribution >= 0.6 is 0 Å². The summed E-state index contributed by atoms with van der Waals surface area (Å²) < 4.78 is 0. The maximum absolute atomic E-state index is 6.19. The van der Waals surface area contributed by atoms with Gasteiger partial charge in [0.2, 0.25) is 0 Å². The molecule has 0 radical (unpaired) electrons. The molecule has 0 unspecified atom stereocenters. The first-order valence-corrected chi connectivity index (χ1v) is 6.16. The second-order valence-corrected chi connectivity index (χ2v) is 4.79. The number of benzene rings is 1. The highest BCUT2D eigenvalue weighted by atomic mass is 15.0. The molecular weight excluding hydrogens is 210 g/mol. The molecule has 0 amide bonds. The average molecular weight is 227 g/mol. The molecule has 17 heavy (non-hydrogen) atoms. The summed E-state index contributed by atoms with van der Waals surface area (Å²) in [5.41, 5.74) is 9.41. The lowest BCUT2D eigenvalue weighted by Gasteiger charge is -2.02. The van der Waals surface area contributed by atoms with E-state index in [0.717, 1.165) is 36.3 Å². The van der Waals surface area contributed by atoms with Gasteiger partial charge in [-0.05, 0) is 19.3 Å². The summed E-state index contributed by atoms with van der Waals surface area (Å²) in [4.78, 5) is 8.10. The first-order chi connectivity index (χ1) is 8.23. The summed E-state index contributed by atoms with van der Waals surface area (Å²) in [6.07, 6.45) is 3.03. The van der Waals surface area contributed by atoms with Gasteiger partial charge in [0.25, 0.3) is 0 Å². The van der Waals surface area contributed by atoms with Crippen LogP contribution in [-0.2, 0) is 12.0 Å². The van der Waals surface area contributed by atoms with Crippen molar-refractivity contribution in [1.82, 2.24) is 9.97 Å². The SMILES string of the molecule is CCc1[nH]c(C2(N)CC2)nc1-c1ccccc1. The third-order valence-corrected chi connectivity index (χ3v) is 3.44. The van der Waals surface area contributed by atoms with Crippen molar-refractivity contribution in [2.45, 2.75) is 31.7 Å². The predicted molar refractivity (Wildman–Crippen MR) is 68.5 cm³/mol. The lowest BCUT2D eigenvalue weighted by molar-refractivity contribution is 0.682. The zero-order valence-corrected chi connectivity index (χ0v) is 10.0. The second kappa shape index (κ2) is 3.70. The van der Waals surface area contributed by atoms with Crippen molar-refractivity contribution in [3.63, 3.8) is 0 Å². The van der Waals surface area contributed by atoms with Gasteiger partial charge in [-0.3, -0.25) is 0 Å². The number of nitrogens with one attached hydrogen (secondary N) is 1. The van der Waals surface area contributed by atoms with Crippen molar-refractivity contribution in [2.24, 2.45) is 5.73 Å². The van der Waals surface area contributed by atoms with Crippen molar-refractivity contribution in [1.29, 1.82) is 0 Å². The smallest absolute Gasteiger partial charge is 0.127 e. The summed E-state index contributed by atoms with van der Waals surface area (Å²) >= 11 is 0. The van der Waals surface area contributed by atoms with Crippen molar-refractivity contribution < 1.29 is 0 Å². The Labute approximate surface area is 101 Å². The van der Waals surface area contributed by atoms with Gasteiger partial charge >= 0.3 is 0 Å². The molecule has 88 valence electrons. The average Bonchev–Trinajstić information content (AvgIpc) is 2.97. The highest BCUT2D eigenvalue weighted by Crippen LogP contribution is 2.42. The van der Waals surface area contributed by atoms with Crippen LogP contribution in [-0.4, -0.2) is 9.97 Å². The molecule has 3 nitrogen and oxygen atoms in total. The highest BCUT2D eigenvalue weighted by Gasteiger charge is 2.43. The van der Waals surface area contributed by atoms with Crippen LogP contribution in [0.3, 0.4) is 0 Å². The van der Waals surface area contributed by atoms with E-state index in [-0.39, 0.29) is 5.54 Å². The molecule has 1 aliphatic rings. The number of hydrogen-bond donors (Lipinski definition) is 2. The molecule has 3 heteroatoms. The number of aromatic amines is 1. The third-order valence-electron chi connectivity index (χ3n) is 3.44. The molecule has 0 aliphatic heterocycles. The van der Waals surface area contributed by atoms with E-state index in [9.17, 15) is 0 Å². The molecule has 0 atom stereocenters. The molecule has 3 rings (SSSR count). The van der Waals surface area contributed by atoms with Crippen LogP contribution in [0.15, 0.2) is 30.3 Å². The Balaban J connectivity index is 2.07. The van der Waals surface area contributed by atoms with E-state index < -0.39 is 0 Å². The van der Waals surface area contributed by atoms with Crippen LogP contribution in [0.25, 0.3) is 11.3 Å². The van der Waals surface area contributed by atoms with Gasteiger partial charge in [0.1, 0.15) is 5.82 Å². The predicted octanol–water partition coefficient (Wildman–Crippen LogP) is 2.59. The fourth-order valence-electron chi connectivity index (χ4n) is 2.11. The van der Waals surface area contributed by atoms with Gasteiger partial charge in [0.15, 0.2) is 0 Å². The molecule has 2 aromatic rings. The maximum Gasteiger partial charge on any atom is 0.127 e. The van der Waals surface area contributed by atoms with E-state index in [2.05, 4.69) is 24.0 Å². The Kier molecular flexibility index (Phi) is 2.30. The monoisotopic (exact) mass is 227 g/mol. The minimum Gasteiger partial charge on any atom is -0.344 e. The minimum absolute atomic E-state index is 0.184. The number of nitrogens with two attached hydrogens (primary N) is 1. The Morgan fingerprint density at radius 3 is 2.59 bits per heavy atom. The molecule has 1 saturated carbocycles.